The number of unbranched alkanes of at least 4 members (excludes halogenated alkanes) is 5. The number of nitro benzene ring substituents is 1. The maximum atomic E-state index is 10.5. The van der Waals surface area contributed by atoms with Crippen molar-refractivity contribution in [3.63, 3.8) is 0 Å². The van der Waals surface area contributed by atoms with Gasteiger partial charge in [0, 0.05) is 12.1 Å². The Morgan fingerprint density at radius 1 is 1.11 bits per heavy atom. The minimum Gasteiger partial charge on any atom is -0.258 e. The van der Waals surface area contributed by atoms with E-state index in [2.05, 4.69) is 13.0 Å². The van der Waals surface area contributed by atoms with E-state index in [1.54, 1.807) is 24.3 Å². The lowest BCUT2D eigenvalue weighted by Crippen LogP contribution is -1.86. The molecule has 18 heavy (non-hydrogen) atoms. The number of non-ortho nitro benzene ring substituents is 1. The van der Waals surface area contributed by atoms with E-state index in [1.165, 1.54) is 32.1 Å². The molecule has 3 heteroatoms. The molecular formula is C15H21NO2. The maximum absolute atomic E-state index is 10.5. The van der Waals surface area contributed by atoms with Gasteiger partial charge in [-0.15, -0.1) is 0 Å². The van der Waals surface area contributed by atoms with E-state index in [0.717, 1.165) is 12.0 Å². The third-order valence-corrected chi connectivity index (χ3v) is 2.89. The Hall–Kier alpha value is -1.64. The van der Waals surface area contributed by atoms with Crippen LogP contribution in [-0.4, -0.2) is 4.92 Å². The Bertz CT molecular complexity index is 382. The fourth-order valence-corrected chi connectivity index (χ4v) is 1.79. The lowest BCUT2D eigenvalue weighted by atomic mass is 10.1. The smallest absolute Gasteiger partial charge is 0.258 e. The van der Waals surface area contributed by atoms with E-state index < -0.39 is 0 Å². The van der Waals surface area contributed by atoms with Crippen LogP contribution in [0.1, 0.15) is 51.0 Å². The highest BCUT2D eigenvalue weighted by molar-refractivity contribution is 5.51. The second-order valence-electron chi connectivity index (χ2n) is 4.45. The topological polar surface area (TPSA) is 43.1 Å². The van der Waals surface area contributed by atoms with E-state index in [1.807, 2.05) is 6.08 Å². The third kappa shape index (κ3) is 5.62. The lowest BCUT2D eigenvalue weighted by Gasteiger charge is -1.96. The van der Waals surface area contributed by atoms with E-state index >= 15 is 0 Å². The first-order valence-electron chi connectivity index (χ1n) is 6.65. The molecule has 0 heterocycles. The van der Waals surface area contributed by atoms with Crippen molar-refractivity contribution >= 4 is 11.8 Å². The summed E-state index contributed by atoms with van der Waals surface area (Å²) < 4.78 is 0. The first-order valence-corrected chi connectivity index (χ1v) is 6.65. The highest BCUT2D eigenvalue weighted by Crippen LogP contribution is 2.13. The van der Waals surface area contributed by atoms with Crippen LogP contribution in [0, 0.1) is 10.1 Å². The van der Waals surface area contributed by atoms with E-state index in [-0.39, 0.29) is 10.6 Å². The fourth-order valence-electron chi connectivity index (χ4n) is 1.79. The zero-order valence-corrected chi connectivity index (χ0v) is 11.0. The number of hydrogen-bond donors (Lipinski definition) is 0. The summed E-state index contributed by atoms with van der Waals surface area (Å²) >= 11 is 0. The van der Waals surface area contributed by atoms with Crippen molar-refractivity contribution in [3.8, 4) is 0 Å². The molecule has 0 aromatic heterocycles. The quantitative estimate of drug-likeness (QED) is 0.370. The molecule has 3 nitrogen and oxygen atoms in total. The van der Waals surface area contributed by atoms with Gasteiger partial charge in [-0.3, -0.25) is 10.1 Å². The molecule has 1 aromatic carbocycles. The summed E-state index contributed by atoms with van der Waals surface area (Å²) in [7, 11) is 0. The molecule has 0 spiro atoms. The molecule has 0 bridgehead atoms. The van der Waals surface area contributed by atoms with Crippen LogP contribution in [0.25, 0.3) is 6.08 Å². The summed E-state index contributed by atoms with van der Waals surface area (Å²) in [5.41, 5.74) is 1.17. The Morgan fingerprint density at radius 3 is 2.39 bits per heavy atom. The highest BCUT2D eigenvalue weighted by Gasteiger charge is 2.01. The molecule has 0 radical (unpaired) electrons. The van der Waals surface area contributed by atoms with Crippen molar-refractivity contribution in [2.45, 2.75) is 45.4 Å². The van der Waals surface area contributed by atoms with Crippen LogP contribution in [0.5, 0.6) is 0 Å². The number of rotatable bonds is 8. The SMILES string of the molecule is CCCCCCC/C=C\c1ccc([N+](=O)[O-])cc1. The van der Waals surface area contributed by atoms with Crippen molar-refractivity contribution in [1.82, 2.24) is 0 Å². The van der Waals surface area contributed by atoms with E-state index in [4.69, 9.17) is 0 Å². The molecule has 0 aliphatic carbocycles. The molecule has 0 aliphatic heterocycles. The summed E-state index contributed by atoms with van der Waals surface area (Å²) in [4.78, 5) is 10.1. The Balaban J connectivity index is 2.27. The second kappa shape index (κ2) is 8.45. The molecule has 0 atom stereocenters. The zero-order chi connectivity index (χ0) is 13.2. The molecule has 0 unspecified atom stereocenters. The standard InChI is InChI=1S/C15H21NO2/c1-2-3-4-5-6-7-8-9-14-10-12-15(13-11-14)16(17)18/h8-13H,2-7H2,1H3/b9-8-. The summed E-state index contributed by atoms with van der Waals surface area (Å²) in [6.45, 7) is 2.22. The van der Waals surface area contributed by atoms with Crippen molar-refractivity contribution in [2.24, 2.45) is 0 Å². The molecule has 0 N–H and O–H groups in total. The molecule has 1 rings (SSSR count). The van der Waals surface area contributed by atoms with Crippen LogP contribution in [0.3, 0.4) is 0 Å². The largest absolute Gasteiger partial charge is 0.269 e. The molecule has 98 valence electrons. The summed E-state index contributed by atoms with van der Waals surface area (Å²) in [5.74, 6) is 0. The van der Waals surface area contributed by atoms with Crippen LogP contribution < -0.4 is 0 Å². The number of hydrogen-bond acceptors (Lipinski definition) is 2. The zero-order valence-electron chi connectivity index (χ0n) is 11.0. The second-order valence-corrected chi connectivity index (χ2v) is 4.45. The molecule has 0 fully saturated rings. The first kappa shape index (κ1) is 14.4. The maximum Gasteiger partial charge on any atom is 0.269 e. The Kier molecular flexibility index (Phi) is 6.77. The van der Waals surface area contributed by atoms with Gasteiger partial charge in [-0.25, -0.2) is 0 Å². The minimum absolute atomic E-state index is 0.145. The summed E-state index contributed by atoms with van der Waals surface area (Å²) in [5, 5.41) is 10.5. The first-order chi connectivity index (χ1) is 8.74. The number of benzene rings is 1. The van der Waals surface area contributed by atoms with Gasteiger partial charge < -0.3 is 0 Å². The van der Waals surface area contributed by atoms with E-state index in [0.29, 0.717) is 0 Å². The van der Waals surface area contributed by atoms with Crippen molar-refractivity contribution in [3.05, 3.63) is 46.0 Å². The van der Waals surface area contributed by atoms with Crippen molar-refractivity contribution < 1.29 is 4.92 Å². The van der Waals surface area contributed by atoms with Gasteiger partial charge in [-0.05, 0) is 30.5 Å². The van der Waals surface area contributed by atoms with Gasteiger partial charge in [-0.1, -0.05) is 44.8 Å². The summed E-state index contributed by atoms with van der Waals surface area (Å²) in [6.07, 6.45) is 11.7. The average Bonchev–Trinajstić information content (AvgIpc) is 2.38. The van der Waals surface area contributed by atoms with Gasteiger partial charge in [0.15, 0.2) is 0 Å². The fraction of sp³-hybridized carbons (Fsp3) is 0.467. The number of nitro groups is 1. The highest BCUT2D eigenvalue weighted by atomic mass is 16.6. The van der Waals surface area contributed by atoms with Crippen molar-refractivity contribution in [2.75, 3.05) is 0 Å². The van der Waals surface area contributed by atoms with Gasteiger partial charge in [0.25, 0.3) is 5.69 Å². The average molecular weight is 247 g/mol. The van der Waals surface area contributed by atoms with Gasteiger partial charge in [0.2, 0.25) is 0 Å². The van der Waals surface area contributed by atoms with E-state index in [9.17, 15) is 10.1 Å². The van der Waals surface area contributed by atoms with Gasteiger partial charge >= 0.3 is 0 Å². The Morgan fingerprint density at radius 2 is 1.78 bits per heavy atom. The van der Waals surface area contributed by atoms with Crippen molar-refractivity contribution in [1.29, 1.82) is 0 Å². The van der Waals surface area contributed by atoms with Gasteiger partial charge in [0.05, 0.1) is 4.92 Å². The Labute approximate surface area is 109 Å². The van der Waals surface area contributed by atoms with Crippen LogP contribution in [0.4, 0.5) is 5.69 Å². The molecule has 1 aromatic rings. The number of allylic oxidation sites excluding steroid dienone is 1. The molecule has 0 aliphatic rings. The van der Waals surface area contributed by atoms with Crippen LogP contribution in [0.15, 0.2) is 30.3 Å². The van der Waals surface area contributed by atoms with Crippen LogP contribution >= 0.6 is 0 Å². The monoisotopic (exact) mass is 247 g/mol. The predicted molar refractivity (Wildman–Crippen MR) is 75.5 cm³/mol. The van der Waals surface area contributed by atoms with Gasteiger partial charge in [0.1, 0.15) is 0 Å². The number of nitrogens with zero attached hydrogens (tertiary/aromatic N) is 1. The summed E-state index contributed by atoms with van der Waals surface area (Å²) in [6, 6.07) is 6.65. The molecular weight excluding hydrogens is 226 g/mol. The predicted octanol–water partition coefficient (Wildman–Crippen LogP) is 4.97. The molecule has 0 saturated carbocycles. The third-order valence-electron chi connectivity index (χ3n) is 2.89. The lowest BCUT2D eigenvalue weighted by molar-refractivity contribution is -0.384. The molecule has 0 saturated heterocycles. The van der Waals surface area contributed by atoms with Crippen LogP contribution in [-0.2, 0) is 0 Å². The van der Waals surface area contributed by atoms with Crippen LogP contribution in [0.2, 0.25) is 0 Å². The van der Waals surface area contributed by atoms with Gasteiger partial charge in [-0.2, -0.15) is 0 Å². The molecule has 0 amide bonds. The minimum atomic E-state index is -0.374. The normalized spacial score (nSPS) is 10.9.